The molecule has 0 aromatic heterocycles. The summed E-state index contributed by atoms with van der Waals surface area (Å²) in [6.07, 6.45) is 102. The van der Waals surface area contributed by atoms with E-state index in [4.69, 9.17) is 18.9 Å². The molecule has 0 aliphatic heterocycles. The number of carboxylic acid groups (broad SMARTS) is 1. The fraction of sp³-hybridized carbons (Fsp3) is 0.802. The first kappa shape index (κ1) is 91.5. The number of hydrogen-bond acceptors (Lipinski definition) is 7. The van der Waals surface area contributed by atoms with E-state index in [0.29, 0.717) is 23.9 Å². The van der Waals surface area contributed by atoms with Crippen LogP contribution < -0.4 is 0 Å². The Hall–Kier alpha value is -3.53. The third-order valence-electron chi connectivity index (χ3n) is 18.2. The van der Waals surface area contributed by atoms with Gasteiger partial charge in [-0.15, -0.1) is 0 Å². The predicted octanol–water partition coefficient (Wildman–Crippen LogP) is 26.2. The Kier molecular flexibility index (Phi) is 73.4. The minimum absolute atomic E-state index is 0.184. The van der Waals surface area contributed by atoms with Gasteiger partial charge in [0.2, 0.25) is 0 Å². The van der Waals surface area contributed by atoms with Crippen molar-refractivity contribution in [3.8, 4) is 0 Å². The molecule has 0 radical (unpaired) electrons. The number of likely N-dealkylation sites (N-methyl/N-ethyl adjacent to an activating group) is 1. The molecule has 95 heavy (non-hydrogen) atoms. The van der Waals surface area contributed by atoms with Crippen molar-refractivity contribution in [1.82, 2.24) is 0 Å². The predicted molar refractivity (Wildman–Crippen MR) is 410 cm³/mol. The van der Waals surface area contributed by atoms with E-state index in [1.807, 2.05) is 21.1 Å². The van der Waals surface area contributed by atoms with Crippen molar-refractivity contribution in [1.29, 1.82) is 0 Å². The summed E-state index contributed by atoms with van der Waals surface area (Å²) in [6.45, 7) is 4.81. The summed E-state index contributed by atoms with van der Waals surface area (Å²) in [5, 5.41) is 9.77. The molecular weight excluding hydrogens is 1170 g/mol. The number of carbonyl (C=O) groups excluding carboxylic acids is 2. The molecule has 0 saturated carbocycles. The lowest BCUT2D eigenvalue weighted by Crippen LogP contribution is -2.40. The van der Waals surface area contributed by atoms with Gasteiger partial charge in [0.05, 0.1) is 34.4 Å². The van der Waals surface area contributed by atoms with Gasteiger partial charge in [-0.3, -0.25) is 9.59 Å². The fourth-order valence-corrected chi connectivity index (χ4v) is 12.0. The van der Waals surface area contributed by atoms with Crippen LogP contribution in [-0.2, 0) is 33.3 Å². The lowest BCUT2D eigenvalue weighted by Gasteiger charge is -2.25. The van der Waals surface area contributed by atoms with Gasteiger partial charge >= 0.3 is 17.9 Å². The first-order valence-corrected chi connectivity index (χ1v) is 40.8. The van der Waals surface area contributed by atoms with Crippen LogP contribution in [0.5, 0.6) is 0 Å². The van der Waals surface area contributed by atoms with Gasteiger partial charge in [0, 0.05) is 12.8 Å². The number of rotatable bonds is 76. The molecule has 0 aromatic carbocycles. The van der Waals surface area contributed by atoms with E-state index >= 15 is 0 Å². The number of allylic oxidation sites excluding steroid dienone is 14. The molecule has 0 bridgehead atoms. The molecule has 9 heteroatoms. The number of carboxylic acids is 1. The van der Waals surface area contributed by atoms with Gasteiger partial charge in [-0.1, -0.05) is 388 Å². The highest BCUT2D eigenvalue weighted by atomic mass is 16.7. The van der Waals surface area contributed by atoms with Gasteiger partial charge in [-0.2, -0.15) is 0 Å². The molecule has 0 spiro atoms. The third-order valence-corrected chi connectivity index (χ3v) is 18.2. The maximum Gasteiger partial charge on any atom is 0.361 e. The lowest BCUT2D eigenvalue weighted by atomic mass is 10.0. The van der Waals surface area contributed by atoms with Crippen LogP contribution in [0.15, 0.2) is 85.1 Å². The summed E-state index contributed by atoms with van der Waals surface area (Å²) in [5.74, 6) is -2.00. The quantitative estimate of drug-likeness (QED) is 0.0211. The molecule has 2 unspecified atom stereocenters. The van der Waals surface area contributed by atoms with Crippen LogP contribution in [0.3, 0.4) is 0 Å². The molecular formula is C86H156NO8+. The number of esters is 2. The van der Waals surface area contributed by atoms with E-state index in [0.717, 1.165) is 89.9 Å². The summed E-state index contributed by atoms with van der Waals surface area (Å²) in [7, 11) is 5.99. The van der Waals surface area contributed by atoms with E-state index < -0.39 is 24.3 Å². The zero-order valence-corrected chi connectivity index (χ0v) is 63.3. The Labute approximate surface area is 589 Å². The molecule has 0 aliphatic rings. The Morgan fingerprint density at radius 2 is 0.600 bits per heavy atom. The van der Waals surface area contributed by atoms with Gasteiger partial charge in [-0.05, 0) is 70.6 Å². The molecule has 0 aromatic rings. The zero-order chi connectivity index (χ0) is 69.0. The van der Waals surface area contributed by atoms with Crippen LogP contribution in [0.25, 0.3) is 0 Å². The number of quaternary nitrogens is 1. The molecule has 9 nitrogen and oxygen atoms in total. The number of ether oxygens (including phenoxy) is 4. The number of unbranched alkanes of at least 4 members (excludes halogenated alkanes) is 47. The van der Waals surface area contributed by atoms with Crippen LogP contribution in [0.2, 0.25) is 0 Å². The first-order chi connectivity index (χ1) is 46.6. The zero-order valence-electron chi connectivity index (χ0n) is 63.3. The Balaban J connectivity index is 3.99. The van der Waals surface area contributed by atoms with Gasteiger partial charge in [0.15, 0.2) is 6.10 Å². The van der Waals surface area contributed by atoms with Crippen molar-refractivity contribution in [2.45, 2.75) is 399 Å². The topological polar surface area (TPSA) is 108 Å². The van der Waals surface area contributed by atoms with Crippen molar-refractivity contribution in [3.63, 3.8) is 0 Å². The van der Waals surface area contributed by atoms with Gasteiger partial charge in [0.1, 0.15) is 13.2 Å². The number of carbonyl (C=O) groups is 3. The number of nitrogens with zero attached hydrogens (tertiary/aromatic N) is 1. The van der Waals surface area contributed by atoms with Crippen LogP contribution in [-0.4, -0.2) is 87.4 Å². The Morgan fingerprint density at radius 1 is 0.326 bits per heavy atom. The van der Waals surface area contributed by atoms with Crippen molar-refractivity contribution < 1.29 is 42.9 Å². The normalized spacial score (nSPS) is 13.1. The van der Waals surface area contributed by atoms with E-state index in [2.05, 4.69) is 98.9 Å². The third kappa shape index (κ3) is 77.7. The highest BCUT2D eigenvalue weighted by Crippen LogP contribution is 2.20. The summed E-state index contributed by atoms with van der Waals surface area (Å²) in [6, 6.07) is 0. The second kappa shape index (κ2) is 76.2. The van der Waals surface area contributed by atoms with Crippen molar-refractivity contribution in [3.05, 3.63) is 85.1 Å². The van der Waals surface area contributed by atoms with Gasteiger partial charge < -0.3 is 28.5 Å². The van der Waals surface area contributed by atoms with Crippen LogP contribution in [0, 0.1) is 0 Å². The van der Waals surface area contributed by atoms with Crippen molar-refractivity contribution >= 4 is 17.9 Å². The minimum Gasteiger partial charge on any atom is -0.477 e. The molecule has 0 saturated heterocycles. The molecule has 1 N–H and O–H groups in total. The summed E-state index contributed by atoms with van der Waals surface area (Å²) in [5.41, 5.74) is 0. The summed E-state index contributed by atoms with van der Waals surface area (Å²) < 4.78 is 23.0. The van der Waals surface area contributed by atoms with Crippen LogP contribution >= 0.6 is 0 Å². The maximum atomic E-state index is 13.0. The summed E-state index contributed by atoms with van der Waals surface area (Å²) in [4.78, 5) is 37.7. The average molecular weight is 1330 g/mol. The second-order valence-corrected chi connectivity index (χ2v) is 28.7. The van der Waals surface area contributed by atoms with E-state index in [-0.39, 0.29) is 32.2 Å². The van der Waals surface area contributed by atoms with E-state index in [1.165, 1.54) is 263 Å². The molecule has 0 fully saturated rings. The largest absolute Gasteiger partial charge is 0.477 e. The smallest absolute Gasteiger partial charge is 0.361 e. The second-order valence-electron chi connectivity index (χ2n) is 28.7. The Bertz CT molecular complexity index is 1840. The van der Waals surface area contributed by atoms with Crippen LogP contribution in [0.4, 0.5) is 0 Å². The standard InChI is InChI=1S/C86H155NO8/c1-6-8-10-12-14-16-18-20-22-24-26-28-30-32-34-36-38-39-40-41-42-43-44-45-47-48-50-52-54-56-58-60-62-64-66-68-70-72-74-76-83(88)93-80-82(81-94-86(85(90)91)92-79-78-87(3,4)5)95-84(89)77-75-73-71-69-67-65-63-61-59-57-55-53-51-49-46-37-35-33-31-29-27-25-23-21-19-17-15-13-11-9-7-2/h9,11,15,17,21,23,27,29,33,35,46,49,53,55,82,86H,6-8,10,12-14,16,18-20,22,24-26,28,30-32,34,36-45,47-48,50-52,54,56-81H2,1-5H3/p+1/b11-9-,17-15-,23-21-,29-27-,35-33-,49-46-,55-53-. The first-order valence-electron chi connectivity index (χ1n) is 40.8. The monoisotopic (exact) mass is 1330 g/mol. The number of aliphatic carboxylic acids is 1. The SMILES string of the molecule is CC/C=C\C/C=C\C/C=C\C/C=C\C/C=C\C/C=C\C/C=C\CCCCCCCCCCCC(=O)OC(COC(=O)CCCCCCCCCCCCCCCCCCCCCCCCCCCCCCCCCCCCCCCCC)COC(OCC[N+](C)(C)C)C(=O)O. The molecule has 0 aliphatic carbocycles. The highest BCUT2D eigenvalue weighted by Gasteiger charge is 2.25. The lowest BCUT2D eigenvalue weighted by molar-refractivity contribution is -0.870. The van der Waals surface area contributed by atoms with Crippen LogP contribution in [0.1, 0.15) is 386 Å². The maximum absolute atomic E-state index is 13.0. The summed E-state index contributed by atoms with van der Waals surface area (Å²) >= 11 is 0. The van der Waals surface area contributed by atoms with Gasteiger partial charge in [0.25, 0.3) is 6.29 Å². The highest BCUT2D eigenvalue weighted by molar-refractivity contribution is 5.71. The van der Waals surface area contributed by atoms with Crippen molar-refractivity contribution in [2.24, 2.45) is 0 Å². The molecule has 2 atom stereocenters. The molecule has 552 valence electrons. The van der Waals surface area contributed by atoms with E-state index in [9.17, 15) is 19.5 Å². The average Bonchev–Trinajstić information content (AvgIpc) is 3.24. The molecule has 0 amide bonds. The minimum atomic E-state index is -1.52. The Morgan fingerprint density at radius 3 is 0.895 bits per heavy atom. The fourth-order valence-electron chi connectivity index (χ4n) is 12.0. The van der Waals surface area contributed by atoms with Crippen molar-refractivity contribution in [2.75, 3.05) is 47.5 Å². The van der Waals surface area contributed by atoms with E-state index in [1.54, 1.807) is 0 Å². The molecule has 0 rings (SSSR count). The molecule has 0 heterocycles. The number of hydrogen-bond donors (Lipinski definition) is 1. The van der Waals surface area contributed by atoms with Gasteiger partial charge in [-0.25, -0.2) is 4.79 Å².